The van der Waals surface area contributed by atoms with Crippen LogP contribution < -0.4 is 10.5 Å². The molecule has 1 aromatic rings. The maximum absolute atomic E-state index is 6.11. The molecular formula is C12H18N2O. The van der Waals surface area contributed by atoms with Gasteiger partial charge in [0.25, 0.3) is 0 Å². The largest absolute Gasteiger partial charge is 0.497 e. The predicted molar refractivity (Wildman–Crippen MR) is 61.2 cm³/mol. The number of nitrogens with two attached hydrogens (primary N) is 1. The Morgan fingerprint density at radius 2 is 2.20 bits per heavy atom. The minimum atomic E-state index is 0.238. The van der Waals surface area contributed by atoms with Crippen molar-refractivity contribution in [3.63, 3.8) is 0 Å². The minimum Gasteiger partial charge on any atom is -0.497 e. The van der Waals surface area contributed by atoms with Crippen molar-refractivity contribution in [3.05, 3.63) is 29.8 Å². The van der Waals surface area contributed by atoms with Gasteiger partial charge in [-0.3, -0.25) is 0 Å². The highest BCUT2D eigenvalue weighted by atomic mass is 16.5. The van der Waals surface area contributed by atoms with Gasteiger partial charge in [0, 0.05) is 25.0 Å². The highest BCUT2D eigenvalue weighted by molar-refractivity contribution is 5.32. The Bertz CT molecular complexity index is 340. The summed E-state index contributed by atoms with van der Waals surface area (Å²) < 4.78 is 5.22. The van der Waals surface area contributed by atoms with E-state index < -0.39 is 0 Å². The van der Waals surface area contributed by atoms with Gasteiger partial charge in [-0.05, 0) is 24.7 Å². The quantitative estimate of drug-likeness (QED) is 0.786. The molecule has 2 atom stereocenters. The molecule has 0 amide bonds. The number of benzene rings is 1. The second kappa shape index (κ2) is 4.21. The molecule has 3 heteroatoms. The van der Waals surface area contributed by atoms with Crippen LogP contribution in [0.1, 0.15) is 11.5 Å². The summed E-state index contributed by atoms with van der Waals surface area (Å²) in [5, 5.41) is 0. The van der Waals surface area contributed by atoms with E-state index in [1.54, 1.807) is 7.11 Å². The van der Waals surface area contributed by atoms with Crippen LogP contribution in [-0.4, -0.2) is 38.2 Å². The molecule has 1 aliphatic heterocycles. The number of hydrogen-bond acceptors (Lipinski definition) is 3. The number of ether oxygens (including phenoxy) is 1. The zero-order valence-electron chi connectivity index (χ0n) is 9.31. The van der Waals surface area contributed by atoms with Crippen LogP contribution in [0.5, 0.6) is 5.75 Å². The first-order valence-electron chi connectivity index (χ1n) is 5.29. The van der Waals surface area contributed by atoms with Gasteiger partial charge < -0.3 is 15.4 Å². The summed E-state index contributed by atoms with van der Waals surface area (Å²) in [6.45, 7) is 2.01. The van der Waals surface area contributed by atoms with Crippen LogP contribution in [0.2, 0.25) is 0 Å². The smallest absolute Gasteiger partial charge is 0.119 e. The lowest BCUT2D eigenvalue weighted by Crippen LogP contribution is -2.27. The first-order chi connectivity index (χ1) is 7.20. The van der Waals surface area contributed by atoms with E-state index in [0.29, 0.717) is 5.92 Å². The van der Waals surface area contributed by atoms with Crippen LogP contribution in [0, 0.1) is 0 Å². The van der Waals surface area contributed by atoms with Gasteiger partial charge in [0.2, 0.25) is 0 Å². The number of hydrogen-bond donors (Lipinski definition) is 1. The molecule has 2 rings (SSSR count). The second-order valence-corrected chi connectivity index (χ2v) is 4.27. The van der Waals surface area contributed by atoms with Gasteiger partial charge >= 0.3 is 0 Å². The van der Waals surface area contributed by atoms with E-state index in [1.165, 1.54) is 5.56 Å². The third kappa shape index (κ3) is 2.13. The maximum atomic E-state index is 6.11. The molecule has 0 aromatic heterocycles. The van der Waals surface area contributed by atoms with Crippen molar-refractivity contribution in [1.29, 1.82) is 0 Å². The van der Waals surface area contributed by atoms with Gasteiger partial charge in [-0.15, -0.1) is 0 Å². The second-order valence-electron chi connectivity index (χ2n) is 4.27. The molecule has 0 spiro atoms. The lowest BCUT2D eigenvalue weighted by molar-refractivity contribution is 0.406. The Labute approximate surface area is 90.8 Å². The summed E-state index contributed by atoms with van der Waals surface area (Å²) >= 11 is 0. The van der Waals surface area contributed by atoms with Gasteiger partial charge in [0.05, 0.1) is 7.11 Å². The molecule has 1 fully saturated rings. The molecule has 2 N–H and O–H groups in total. The maximum Gasteiger partial charge on any atom is 0.119 e. The van der Waals surface area contributed by atoms with Crippen molar-refractivity contribution >= 4 is 0 Å². The summed E-state index contributed by atoms with van der Waals surface area (Å²) in [5.41, 5.74) is 7.39. The molecule has 2 unspecified atom stereocenters. The van der Waals surface area contributed by atoms with Crippen molar-refractivity contribution in [1.82, 2.24) is 4.90 Å². The summed E-state index contributed by atoms with van der Waals surface area (Å²) in [7, 11) is 3.81. The summed E-state index contributed by atoms with van der Waals surface area (Å²) in [4.78, 5) is 2.27. The van der Waals surface area contributed by atoms with Crippen LogP contribution in [0.15, 0.2) is 24.3 Å². The van der Waals surface area contributed by atoms with Crippen LogP contribution in [0.4, 0.5) is 0 Å². The highest BCUT2D eigenvalue weighted by Gasteiger charge is 2.29. The Hall–Kier alpha value is -1.06. The number of rotatable bonds is 2. The monoisotopic (exact) mass is 206 g/mol. The van der Waals surface area contributed by atoms with E-state index in [0.717, 1.165) is 18.8 Å². The van der Waals surface area contributed by atoms with Crippen molar-refractivity contribution in [3.8, 4) is 5.75 Å². The van der Waals surface area contributed by atoms with E-state index in [4.69, 9.17) is 10.5 Å². The van der Waals surface area contributed by atoms with E-state index >= 15 is 0 Å². The Kier molecular flexibility index (Phi) is 2.93. The average Bonchev–Trinajstić information content (AvgIpc) is 2.58. The topological polar surface area (TPSA) is 38.5 Å². The van der Waals surface area contributed by atoms with Gasteiger partial charge in [-0.25, -0.2) is 0 Å². The lowest BCUT2D eigenvalue weighted by atomic mass is 9.95. The summed E-state index contributed by atoms with van der Waals surface area (Å²) in [6, 6.07) is 8.45. The molecular weight excluding hydrogens is 188 g/mol. The van der Waals surface area contributed by atoms with Crippen molar-refractivity contribution in [2.45, 2.75) is 12.0 Å². The van der Waals surface area contributed by atoms with Crippen molar-refractivity contribution in [2.24, 2.45) is 5.73 Å². The van der Waals surface area contributed by atoms with E-state index in [2.05, 4.69) is 24.1 Å². The fourth-order valence-electron chi connectivity index (χ4n) is 2.26. The Balaban J connectivity index is 2.21. The molecule has 1 aliphatic rings. The van der Waals surface area contributed by atoms with Crippen molar-refractivity contribution in [2.75, 3.05) is 27.2 Å². The Morgan fingerprint density at radius 3 is 2.80 bits per heavy atom. The standard InChI is InChI=1S/C12H18N2O/c1-14-7-11(12(13)8-14)9-4-3-5-10(6-9)15-2/h3-6,11-12H,7-8,13H2,1-2H3. The molecule has 1 heterocycles. The number of likely N-dealkylation sites (N-methyl/N-ethyl adjacent to an activating group) is 1. The third-order valence-corrected chi connectivity index (χ3v) is 3.07. The molecule has 0 saturated carbocycles. The molecule has 0 aliphatic carbocycles. The van der Waals surface area contributed by atoms with E-state index in [-0.39, 0.29) is 6.04 Å². The normalized spacial score (nSPS) is 26.9. The highest BCUT2D eigenvalue weighted by Crippen LogP contribution is 2.27. The SMILES string of the molecule is COc1cccc(C2CN(C)CC2N)c1. The minimum absolute atomic E-state index is 0.238. The molecule has 3 nitrogen and oxygen atoms in total. The van der Waals surface area contributed by atoms with Crippen LogP contribution in [0.3, 0.4) is 0 Å². The fraction of sp³-hybridized carbons (Fsp3) is 0.500. The number of nitrogens with zero attached hydrogens (tertiary/aromatic N) is 1. The summed E-state index contributed by atoms with van der Waals surface area (Å²) in [5.74, 6) is 1.35. The Morgan fingerprint density at radius 1 is 1.40 bits per heavy atom. The summed E-state index contributed by atoms with van der Waals surface area (Å²) in [6.07, 6.45) is 0. The molecule has 82 valence electrons. The molecule has 0 bridgehead atoms. The predicted octanol–water partition coefficient (Wildman–Crippen LogP) is 1.05. The number of likely N-dealkylation sites (tertiary alicyclic amines) is 1. The molecule has 1 saturated heterocycles. The third-order valence-electron chi connectivity index (χ3n) is 3.07. The van der Waals surface area contributed by atoms with E-state index in [1.807, 2.05) is 12.1 Å². The van der Waals surface area contributed by atoms with Gasteiger partial charge in [0.15, 0.2) is 0 Å². The zero-order chi connectivity index (χ0) is 10.8. The van der Waals surface area contributed by atoms with Crippen molar-refractivity contribution < 1.29 is 4.74 Å². The van der Waals surface area contributed by atoms with Gasteiger partial charge in [0.1, 0.15) is 5.75 Å². The first-order valence-corrected chi connectivity index (χ1v) is 5.29. The molecule has 1 aromatic carbocycles. The zero-order valence-corrected chi connectivity index (χ0v) is 9.31. The van der Waals surface area contributed by atoms with Gasteiger partial charge in [-0.2, -0.15) is 0 Å². The lowest BCUT2D eigenvalue weighted by Gasteiger charge is -2.15. The van der Waals surface area contributed by atoms with Crippen LogP contribution in [0.25, 0.3) is 0 Å². The number of methoxy groups -OCH3 is 1. The van der Waals surface area contributed by atoms with Gasteiger partial charge in [-0.1, -0.05) is 12.1 Å². The molecule has 15 heavy (non-hydrogen) atoms. The average molecular weight is 206 g/mol. The molecule has 0 radical (unpaired) electrons. The fourth-order valence-corrected chi connectivity index (χ4v) is 2.26. The first kappa shape index (κ1) is 10.5. The van der Waals surface area contributed by atoms with E-state index in [9.17, 15) is 0 Å². The van der Waals surface area contributed by atoms with Crippen LogP contribution >= 0.6 is 0 Å². The van der Waals surface area contributed by atoms with Crippen LogP contribution in [-0.2, 0) is 0 Å².